The zero-order valence-corrected chi connectivity index (χ0v) is 29.2. The van der Waals surface area contributed by atoms with Gasteiger partial charge in [0.1, 0.15) is 12.1 Å². The van der Waals surface area contributed by atoms with Gasteiger partial charge in [0.25, 0.3) is 0 Å². The topological polar surface area (TPSA) is 132 Å². The molecule has 0 spiro atoms. The molecule has 49 heavy (non-hydrogen) atoms. The number of benzene rings is 1. The Morgan fingerprint density at radius 2 is 1.65 bits per heavy atom. The van der Waals surface area contributed by atoms with Gasteiger partial charge >= 0.3 is 12.3 Å². The van der Waals surface area contributed by atoms with Crippen LogP contribution in [0.4, 0.5) is 18.0 Å². The van der Waals surface area contributed by atoms with Crippen LogP contribution in [-0.2, 0) is 19.1 Å². The summed E-state index contributed by atoms with van der Waals surface area (Å²) >= 11 is 0. The fourth-order valence-electron chi connectivity index (χ4n) is 7.41. The van der Waals surface area contributed by atoms with Crippen LogP contribution in [0.15, 0.2) is 30.3 Å². The van der Waals surface area contributed by atoms with Crippen LogP contribution in [0, 0.1) is 11.8 Å². The van der Waals surface area contributed by atoms with Gasteiger partial charge in [-0.25, -0.2) is 4.79 Å². The summed E-state index contributed by atoms with van der Waals surface area (Å²) in [6, 6.07) is 2.40. The minimum absolute atomic E-state index is 0.0199. The molecule has 1 aromatic rings. The first-order valence-corrected chi connectivity index (χ1v) is 17.4. The highest BCUT2D eigenvalue weighted by Crippen LogP contribution is 2.35. The lowest BCUT2D eigenvalue weighted by Gasteiger charge is -2.45. The summed E-state index contributed by atoms with van der Waals surface area (Å²) < 4.78 is 48.9. The smallest absolute Gasteiger partial charge is 0.412 e. The number of rotatable bonds is 11. The molecule has 1 saturated carbocycles. The lowest BCUT2D eigenvalue weighted by atomic mass is 9.82. The van der Waals surface area contributed by atoms with Crippen LogP contribution in [0.2, 0.25) is 0 Å². The fraction of sp³-hybridized carbons (Fsp3) is 0.714. The van der Waals surface area contributed by atoms with E-state index in [0.717, 1.165) is 19.3 Å². The van der Waals surface area contributed by atoms with Crippen molar-refractivity contribution in [1.29, 1.82) is 0 Å². The molecule has 2 saturated heterocycles. The Morgan fingerprint density at radius 1 is 1.00 bits per heavy atom. The van der Waals surface area contributed by atoms with Crippen LogP contribution in [0.25, 0.3) is 0 Å². The number of fused-ring (bicyclic) bond motifs is 1. The predicted molar refractivity (Wildman–Crippen MR) is 176 cm³/mol. The van der Waals surface area contributed by atoms with Gasteiger partial charge in [0.05, 0.1) is 12.0 Å². The first kappa shape index (κ1) is 38.4. The molecule has 3 N–H and O–H groups in total. The van der Waals surface area contributed by atoms with Gasteiger partial charge < -0.3 is 30.3 Å². The highest BCUT2D eigenvalue weighted by atomic mass is 19.4. The van der Waals surface area contributed by atoms with E-state index >= 15 is 0 Å². The quantitative estimate of drug-likeness (QED) is 0.309. The minimum Gasteiger partial charge on any atom is -0.465 e. The van der Waals surface area contributed by atoms with E-state index < -0.39 is 59.6 Å². The number of carbonyl (C=O) groups is 4. The van der Waals surface area contributed by atoms with Crippen molar-refractivity contribution in [3.63, 3.8) is 0 Å². The number of ether oxygens (including phenoxy) is 1. The summed E-state index contributed by atoms with van der Waals surface area (Å²) in [5.41, 5.74) is -0.895. The zero-order valence-electron chi connectivity index (χ0n) is 29.2. The van der Waals surface area contributed by atoms with E-state index in [9.17, 15) is 37.5 Å². The van der Waals surface area contributed by atoms with Gasteiger partial charge in [0.2, 0.25) is 17.7 Å². The van der Waals surface area contributed by atoms with E-state index in [1.807, 2.05) is 11.8 Å². The van der Waals surface area contributed by atoms with Crippen LogP contribution in [0.3, 0.4) is 0 Å². The molecule has 4 rings (SSSR count). The van der Waals surface area contributed by atoms with Gasteiger partial charge in [-0.05, 0) is 58.4 Å². The molecular weight excluding hydrogens is 643 g/mol. The van der Waals surface area contributed by atoms with Crippen LogP contribution in [0.5, 0.6) is 0 Å². The first-order chi connectivity index (χ1) is 23.0. The van der Waals surface area contributed by atoms with Crippen molar-refractivity contribution in [2.45, 2.75) is 115 Å². The van der Waals surface area contributed by atoms with Crippen LogP contribution < -0.4 is 10.6 Å². The van der Waals surface area contributed by atoms with Crippen molar-refractivity contribution in [1.82, 2.24) is 25.3 Å². The Kier molecular flexibility index (Phi) is 12.6. The lowest BCUT2D eigenvalue weighted by molar-refractivity contribution is -0.167. The molecule has 1 aliphatic carbocycles. The second-order valence-electron chi connectivity index (χ2n) is 14.7. The highest BCUT2D eigenvalue weighted by molar-refractivity contribution is 5.93. The first-order valence-electron chi connectivity index (χ1n) is 17.4. The van der Waals surface area contributed by atoms with Gasteiger partial charge in [-0.15, -0.1) is 0 Å². The van der Waals surface area contributed by atoms with E-state index in [1.54, 1.807) is 33.8 Å². The Morgan fingerprint density at radius 3 is 2.22 bits per heavy atom. The van der Waals surface area contributed by atoms with Gasteiger partial charge in [-0.3, -0.25) is 19.3 Å². The molecule has 1 aromatic carbocycles. The number of carbonyl (C=O) groups excluding carboxylic acids is 3. The molecule has 14 heteroatoms. The van der Waals surface area contributed by atoms with E-state index in [2.05, 4.69) is 10.6 Å². The Balaban J connectivity index is 1.64. The number of carboxylic acid groups (broad SMARTS) is 1. The van der Waals surface area contributed by atoms with Crippen LogP contribution in [-0.4, -0.2) is 112 Å². The normalized spacial score (nSPS) is 24.0. The summed E-state index contributed by atoms with van der Waals surface area (Å²) in [5.74, 6) is -2.99. The molecule has 4 amide bonds. The van der Waals surface area contributed by atoms with Crippen molar-refractivity contribution < 1.29 is 42.2 Å². The third-order valence-electron chi connectivity index (χ3n) is 10.0. The molecule has 6 atom stereocenters. The Bertz CT molecular complexity index is 1300. The molecule has 3 aliphatic rings. The van der Waals surface area contributed by atoms with E-state index in [0.29, 0.717) is 32.4 Å². The highest BCUT2D eigenvalue weighted by Gasteiger charge is 2.49. The summed E-state index contributed by atoms with van der Waals surface area (Å²) in [4.78, 5) is 58.8. The monoisotopic (exact) mass is 695 g/mol. The Labute approximate surface area is 286 Å². The summed E-state index contributed by atoms with van der Waals surface area (Å²) in [6.07, 6.45) is -1.53. The van der Waals surface area contributed by atoms with E-state index in [-0.39, 0.29) is 43.3 Å². The molecule has 274 valence electrons. The molecular formula is C35H52F3N5O6. The van der Waals surface area contributed by atoms with Gasteiger partial charge in [0, 0.05) is 44.4 Å². The molecule has 2 aliphatic heterocycles. The van der Waals surface area contributed by atoms with Crippen molar-refractivity contribution in [3.05, 3.63) is 35.9 Å². The predicted octanol–water partition coefficient (Wildman–Crippen LogP) is 4.58. The molecule has 1 unspecified atom stereocenters. The fourth-order valence-corrected chi connectivity index (χ4v) is 7.41. The van der Waals surface area contributed by atoms with Gasteiger partial charge in [-0.2, -0.15) is 13.2 Å². The average Bonchev–Trinajstić information content (AvgIpc) is 3.44. The number of hydrogen-bond donors (Lipinski definition) is 3. The van der Waals surface area contributed by atoms with Crippen LogP contribution in [0.1, 0.15) is 84.7 Å². The maximum Gasteiger partial charge on any atom is 0.412 e. The standard InChI is InChI=1S/C35H52F3N5O6/c1-6-49-26-17-25-19-42(27(21-41(25)20-26)31(45)40-29(35(36,37)38)24-15-11-8-12-16-24)32(46)28(23-13-9-7-10-14-23)39-30(44)22(2)18-43(33(47)48)34(3,4)5/h8,11-12,15-16,22-23,25-29H,6-7,9-10,13-14,17-21H2,1-5H3,(H,39,44)(H,40,45)(H,47,48)/t22-,25+,26+,27-,28-,29?/m0/s1. The molecule has 0 radical (unpaired) electrons. The number of nitrogens with one attached hydrogen (secondary N) is 2. The number of alkyl halides is 3. The van der Waals surface area contributed by atoms with E-state index in [4.69, 9.17) is 4.74 Å². The van der Waals surface area contributed by atoms with Crippen LogP contribution >= 0.6 is 0 Å². The van der Waals surface area contributed by atoms with Crippen molar-refractivity contribution >= 4 is 23.8 Å². The van der Waals surface area contributed by atoms with Gasteiger partial charge in [0.15, 0.2) is 6.04 Å². The number of piperazine rings is 1. The minimum atomic E-state index is -4.79. The molecule has 11 nitrogen and oxygen atoms in total. The average molecular weight is 696 g/mol. The molecule has 2 heterocycles. The number of amides is 4. The maximum absolute atomic E-state index is 14.7. The molecule has 0 aromatic heterocycles. The van der Waals surface area contributed by atoms with E-state index in [1.165, 1.54) is 34.1 Å². The number of nitrogens with zero attached hydrogens (tertiary/aromatic N) is 3. The van der Waals surface area contributed by atoms with Crippen molar-refractivity contribution in [2.24, 2.45) is 11.8 Å². The second kappa shape index (κ2) is 16.1. The summed E-state index contributed by atoms with van der Waals surface area (Å²) in [6.45, 7) is 9.63. The molecule has 0 bridgehead atoms. The molecule has 3 fully saturated rings. The second-order valence-corrected chi connectivity index (χ2v) is 14.7. The van der Waals surface area contributed by atoms with Gasteiger partial charge in [-0.1, -0.05) is 56.5 Å². The summed E-state index contributed by atoms with van der Waals surface area (Å²) in [5, 5.41) is 14.9. The Hall–Kier alpha value is -3.39. The maximum atomic E-state index is 14.7. The number of halogens is 3. The summed E-state index contributed by atoms with van der Waals surface area (Å²) in [7, 11) is 0. The zero-order chi connectivity index (χ0) is 36.1. The third-order valence-corrected chi connectivity index (χ3v) is 10.0. The van der Waals surface area contributed by atoms with Crippen molar-refractivity contribution in [3.8, 4) is 0 Å². The third kappa shape index (κ3) is 9.65. The van der Waals surface area contributed by atoms with Crippen molar-refractivity contribution in [2.75, 3.05) is 32.8 Å². The largest absolute Gasteiger partial charge is 0.465 e. The lowest BCUT2D eigenvalue weighted by Crippen LogP contribution is -2.66. The number of hydrogen-bond acceptors (Lipinski definition) is 6. The SMILES string of the molecule is CCO[C@@H]1C[C@@H]2CN(C(=O)[C@@H](NC(=O)[C@@H](C)CN(C(=O)O)C(C)(C)C)C3CCCCC3)[C@H](C(=O)NC(c3ccccc3)C(F)(F)F)CN2C1.